The minimum atomic E-state index is -0.227. The number of ether oxygens (including phenoxy) is 1. The highest BCUT2D eigenvalue weighted by atomic mass is 32.2. The predicted molar refractivity (Wildman–Crippen MR) is 158 cm³/mol. The van der Waals surface area contributed by atoms with Gasteiger partial charge in [0.2, 0.25) is 5.91 Å². The number of amides is 2. The first-order valence-electron chi connectivity index (χ1n) is 12.7. The van der Waals surface area contributed by atoms with Crippen molar-refractivity contribution in [3.05, 3.63) is 94.7 Å². The van der Waals surface area contributed by atoms with Gasteiger partial charge in [-0.1, -0.05) is 55.9 Å². The molecule has 0 saturated carbocycles. The highest BCUT2D eigenvalue weighted by Crippen LogP contribution is 2.31. The monoisotopic (exact) mass is 527 g/mol. The highest BCUT2D eigenvalue weighted by Gasteiger charge is 2.32. The zero-order valence-corrected chi connectivity index (χ0v) is 23.3. The molecule has 4 rings (SSSR count). The summed E-state index contributed by atoms with van der Waals surface area (Å²) in [4.78, 5) is 32.6. The maximum Gasteiger partial charge on any atom is 0.283 e. The molecule has 0 saturated heterocycles. The minimum Gasteiger partial charge on any atom is -0.497 e. The molecule has 1 atom stereocenters. The molecule has 1 aliphatic heterocycles. The number of carbonyl (C=O) groups excluding carboxylic acids is 2. The van der Waals surface area contributed by atoms with Gasteiger partial charge in [0.1, 0.15) is 11.4 Å². The van der Waals surface area contributed by atoms with Crippen LogP contribution >= 0.6 is 11.8 Å². The molecular weight excluding hydrogens is 494 g/mol. The van der Waals surface area contributed by atoms with Crippen LogP contribution < -0.4 is 15.0 Å². The standard InChI is InChI=1S/C31H33N3O3S/c1-6-22(4)24-9-11-25(12-10-24)32-29(35)19-38-31-33-28(18-23-7-13-27(37-5)14-8-23)30(36)34(31)26-16-20(2)15-21(3)17-26/h7-18,22H,6,19H2,1-5H3,(H,32,35)/b28-18+/t22-/m0/s1. The molecule has 38 heavy (non-hydrogen) atoms. The number of aryl methyl sites for hydroxylation is 2. The predicted octanol–water partition coefficient (Wildman–Crippen LogP) is 6.94. The minimum absolute atomic E-state index is 0.121. The number of aliphatic imine (C=N–C) groups is 1. The van der Waals surface area contributed by atoms with Crippen molar-refractivity contribution in [1.29, 1.82) is 0 Å². The van der Waals surface area contributed by atoms with E-state index in [1.165, 1.54) is 17.3 Å². The van der Waals surface area contributed by atoms with Gasteiger partial charge in [-0.3, -0.25) is 14.5 Å². The van der Waals surface area contributed by atoms with Crippen molar-refractivity contribution in [2.75, 3.05) is 23.1 Å². The SMILES string of the molecule is CC[C@H](C)c1ccc(NC(=O)CSC2=N/C(=C/c3ccc(OC)cc3)C(=O)N2c2cc(C)cc(C)c2)cc1. The Morgan fingerprint density at radius 2 is 1.71 bits per heavy atom. The molecular formula is C31H33N3O3S. The Bertz CT molecular complexity index is 1360. The van der Waals surface area contributed by atoms with Crippen LogP contribution in [0.5, 0.6) is 5.75 Å². The summed E-state index contributed by atoms with van der Waals surface area (Å²) in [6, 6.07) is 21.4. The first-order valence-corrected chi connectivity index (χ1v) is 13.7. The summed E-state index contributed by atoms with van der Waals surface area (Å²) in [6.07, 6.45) is 2.82. The number of anilines is 2. The van der Waals surface area contributed by atoms with E-state index in [4.69, 9.17) is 4.74 Å². The first-order chi connectivity index (χ1) is 18.3. The van der Waals surface area contributed by atoms with Crippen molar-refractivity contribution in [2.45, 2.75) is 40.0 Å². The smallest absolute Gasteiger partial charge is 0.283 e. The van der Waals surface area contributed by atoms with E-state index in [1.54, 1.807) is 18.1 Å². The molecule has 3 aromatic carbocycles. The number of nitrogens with one attached hydrogen (secondary N) is 1. The lowest BCUT2D eigenvalue weighted by Gasteiger charge is -2.19. The molecule has 1 aliphatic rings. The molecule has 0 radical (unpaired) electrons. The molecule has 2 amide bonds. The Labute approximate surface area is 228 Å². The molecule has 0 unspecified atom stereocenters. The lowest BCUT2D eigenvalue weighted by atomic mass is 9.99. The van der Waals surface area contributed by atoms with E-state index in [9.17, 15) is 9.59 Å². The van der Waals surface area contributed by atoms with Crippen LogP contribution in [0.2, 0.25) is 0 Å². The van der Waals surface area contributed by atoms with Crippen LogP contribution in [0.4, 0.5) is 11.4 Å². The van der Waals surface area contributed by atoms with Crippen molar-refractivity contribution in [3.63, 3.8) is 0 Å². The summed E-state index contributed by atoms with van der Waals surface area (Å²) in [5, 5.41) is 3.43. The topological polar surface area (TPSA) is 71.0 Å². The van der Waals surface area contributed by atoms with E-state index < -0.39 is 0 Å². The van der Waals surface area contributed by atoms with Crippen molar-refractivity contribution in [3.8, 4) is 5.75 Å². The number of amidine groups is 1. The largest absolute Gasteiger partial charge is 0.497 e. The Kier molecular flexibility index (Phi) is 8.69. The fourth-order valence-electron chi connectivity index (χ4n) is 4.22. The molecule has 0 bridgehead atoms. The van der Waals surface area contributed by atoms with Gasteiger partial charge >= 0.3 is 0 Å². The van der Waals surface area contributed by atoms with Crippen LogP contribution in [0.1, 0.15) is 48.4 Å². The average molecular weight is 528 g/mol. The Morgan fingerprint density at radius 1 is 1.05 bits per heavy atom. The third-order valence-corrected chi connectivity index (χ3v) is 7.36. The maximum absolute atomic E-state index is 13.5. The number of hydrogen-bond acceptors (Lipinski definition) is 5. The van der Waals surface area contributed by atoms with Gasteiger partial charge in [0, 0.05) is 5.69 Å². The van der Waals surface area contributed by atoms with Crippen molar-refractivity contribution < 1.29 is 14.3 Å². The van der Waals surface area contributed by atoms with E-state index >= 15 is 0 Å². The summed E-state index contributed by atoms with van der Waals surface area (Å²) in [5.41, 5.74) is 5.97. The van der Waals surface area contributed by atoms with E-state index in [1.807, 2.05) is 62.4 Å². The zero-order valence-electron chi connectivity index (χ0n) is 22.4. The second kappa shape index (κ2) is 12.1. The average Bonchev–Trinajstić information content (AvgIpc) is 3.22. The van der Waals surface area contributed by atoms with Gasteiger partial charge in [0.25, 0.3) is 5.91 Å². The number of carbonyl (C=O) groups is 2. The molecule has 1 N–H and O–H groups in total. The van der Waals surface area contributed by atoms with E-state index in [2.05, 4.69) is 42.4 Å². The fraction of sp³-hybridized carbons (Fsp3) is 0.258. The Hall–Kier alpha value is -3.84. The Balaban J connectivity index is 1.54. The normalized spacial score (nSPS) is 15.0. The second-order valence-electron chi connectivity index (χ2n) is 9.45. The number of methoxy groups -OCH3 is 1. The summed E-state index contributed by atoms with van der Waals surface area (Å²) >= 11 is 1.24. The molecule has 196 valence electrons. The summed E-state index contributed by atoms with van der Waals surface area (Å²) in [6.45, 7) is 8.34. The number of rotatable bonds is 8. The Morgan fingerprint density at radius 3 is 2.32 bits per heavy atom. The van der Waals surface area contributed by atoms with Gasteiger partial charge in [0.15, 0.2) is 5.17 Å². The third-order valence-electron chi connectivity index (χ3n) is 6.42. The van der Waals surface area contributed by atoms with Gasteiger partial charge in [0.05, 0.1) is 18.6 Å². The third kappa shape index (κ3) is 6.53. The molecule has 0 spiro atoms. The zero-order chi connectivity index (χ0) is 27.2. The quantitative estimate of drug-likeness (QED) is 0.322. The fourth-order valence-corrected chi connectivity index (χ4v) is 5.03. The van der Waals surface area contributed by atoms with E-state index in [0.717, 1.165) is 40.2 Å². The second-order valence-corrected chi connectivity index (χ2v) is 10.4. The van der Waals surface area contributed by atoms with E-state index in [-0.39, 0.29) is 17.6 Å². The number of hydrogen-bond donors (Lipinski definition) is 1. The molecule has 0 fully saturated rings. The number of nitrogens with zero attached hydrogens (tertiary/aromatic N) is 2. The van der Waals surface area contributed by atoms with Gasteiger partial charge < -0.3 is 10.1 Å². The van der Waals surface area contributed by atoms with Crippen molar-refractivity contribution in [2.24, 2.45) is 4.99 Å². The molecule has 0 aromatic heterocycles. The number of thioether (sulfide) groups is 1. The molecule has 7 heteroatoms. The highest BCUT2D eigenvalue weighted by molar-refractivity contribution is 8.14. The van der Waals surface area contributed by atoms with Gasteiger partial charge in [-0.05, 0) is 90.9 Å². The summed E-state index contributed by atoms with van der Waals surface area (Å²) in [7, 11) is 1.61. The van der Waals surface area contributed by atoms with Crippen LogP contribution in [0, 0.1) is 13.8 Å². The molecule has 1 heterocycles. The number of benzene rings is 3. The van der Waals surface area contributed by atoms with Crippen LogP contribution in [-0.4, -0.2) is 29.8 Å². The van der Waals surface area contributed by atoms with Crippen molar-refractivity contribution >= 4 is 46.2 Å². The van der Waals surface area contributed by atoms with Crippen molar-refractivity contribution in [1.82, 2.24) is 0 Å². The maximum atomic E-state index is 13.5. The summed E-state index contributed by atoms with van der Waals surface area (Å²) in [5.74, 6) is 0.950. The molecule has 0 aliphatic carbocycles. The van der Waals surface area contributed by atoms with Gasteiger partial charge in [-0.2, -0.15) is 0 Å². The van der Waals surface area contributed by atoms with Gasteiger partial charge in [-0.25, -0.2) is 4.99 Å². The lowest BCUT2D eigenvalue weighted by Crippen LogP contribution is -2.31. The van der Waals surface area contributed by atoms with Gasteiger partial charge in [-0.15, -0.1) is 0 Å². The van der Waals surface area contributed by atoms with Crippen LogP contribution in [0.15, 0.2) is 77.4 Å². The summed E-state index contributed by atoms with van der Waals surface area (Å²) < 4.78 is 5.23. The first kappa shape index (κ1) is 27.2. The van der Waals surface area contributed by atoms with Crippen LogP contribution in [-0.2, 0) is 9.59 Å². The molecule has 3 aromatic rings. The lowest BCUT2D eigenvalue weighted by molar-refractivity contribution is -0.114. The van der Waals surface area contributed by atoms with Crippen LogP contribution in [0.3, 0.4) is 0 Å². The van der Waals surface area contributed by atoms with Crippen LogP contribution in [0.25, 0.3) is 6.08 Å². The van der Waals surface area contributed by atoms with E-state index in [0.29, 0.717) is 16.8 Å². The molecule has 6 nitrogen and oxygen atoms in total.